The summed E-state index contributed by atoms with van der Waals surface area (Å²) >= 11 is 0. The second-order valence-corrected chi connectivity index (χ2v) is 10.9. The highest BCUT2D eigenvalue weighted by Crippen LogP contribution is 2.14. The van der Waals surface area contributed by atoms with Gasteiger partial charge in [-0.15, -0.1) is 0 Å². The van der Waals surface area contributed by atoms with Gasteiger partial charge in [-0.2, -0.15) is 0 Å². The van der Waals surface area contributed by atoms with Crippen LogP contribution in [0.4, 0.5) is 0 Å². The van der Waals surface area contributed by atoms with Crippen molar-refractivity contribution in [3.63, 3.8) is 0 Å². The van der Waals surface area contributed by atoms with Crippen LogP contribution in [0.25, 0.3) is 0 Å². The van der Waals surface area contributed by atoms with Crippen LogP contribution in [0.15, 0.2) is 53.5 Å². The average Bonchev–Trinajstić information content (AvgIpc) is 2.95. The first-order valence-electron chi connectivity index (χ1n) is 14.3. The molecule has 4 unspecified atom stereocenters. The summed E-state index contributed by atoms with van der Waals surface area (Å²) in [5, 5.41) is 36.6. The van der Waals surface area contributed by atoms with Gasteiger partial charge >= 0.3 is 5.97 Å². The molecule has 14 heteroatoms. The van der Waals surface area contributed by atoms with Crippen LogP contribution in [0.5, 0.6) is 11.5 Å². The summed E-state index contributed by atoms with van der Waals surface area (Å²) in [6.07, 6.45) is 0.675. The Morgan fingerprint density at radius 1 is 0.750 bits per heavy atom. The van der Waals surface area contributed by atoms with Crippen LogP contribution < -0.4 is 33.2 Å². The van der Waals surface area contributed by atoms with E-state index < -0.39 is 47.9 Å². The third kappa shape index (κ3) is 12.6. The fraction of sp³-hybridized carbons (Fsp3) is 0.433. The molecule has 4 atom stereocenters. The van der Waals surface area contributed by atoms with Gasteiger partial charge < -0.3 is 48.5 Å². The summed E-state index contributed by atoms with van der Waals surface area (Å²) in [6, 6.07) is 7.69. The summed E-state index contributed by atoms with van der Waals surface area (Å²) in [6.45, 7) is 3.90. The molecule has 0 saturated heterocycles. The van der Waals surface area contributed by atoms with E-state index in [1.807, 2.05) is 13.8 Å². The highest BCUT2D eigenvalue weighted by molar-refractivity contribution is 5.94. The Balaban J connectivity index is 2.21. The number of aliphatic carboxylic acids is 1. The summed E-state index contributed by atoms with van der Waals surface area (Å²) in [7, 11) is 0. The topological polar surface area (TPSA) is 255 Å². The van der Waals surface area contributed by atoms with Crippen molar-refractivity contribution in [2.24, 2.45) is 28.1 Å². The predicted molar refractivity (Wildman–Crippen MR) is 164 cm³/mol. The number of rotatable bonds is 17. The number of aromatic hydroxyl groups is 2. The van der Waals surface area contributed by atoms with Gasteiger partial charge in [-0.05, 0) is 67.0 Å². The zero-order valence-electron chi connectivity index (χ0n) is 24.9. The molecule has 0 aliphatic carbocycles. The number of nitrogens with one attached hydrogen (secondary N) is 3. The first kappa shape index (κ1) is 35.3. The van der Waals surface area contributed by atoms with Crippen molar-refractivity contribution in [3.8, 4) is 11.5 Å². The minimum Gasteiger partial charge on any atom is -0.508 e. The number of guanidine groups is 1. The van der Waals surface area contributed by atoms with Gasteiger partial charge in [-0.1, -0.05) is 38.1 Å². The SMILES string of the molecule is CC(C)CC(NC(=O)C(N)Cc1ccc(O)cc1)C(=O)NC(Cc1ccc(O)cc1)C(=O)NC(CCCN=C(N)N)C(=O)O. The Bertz CT molecular complexity index is 1280. The normalized spacial score (nSPS) is 13.6. The number of nitrogens with two attached hydrogens (primary N) is 3. The Kier molecular flexibility index (Phi) is 13.9. The van der Waals surface area contributed by atoms with Gasteiger partial charge in [0, 0.05) is 13.0 Å². The first-order chi connectivity index (χ1) is 20.7. The lowest BCUT2D eigenvalue weighted by Crippen LogP contribution is -2.58. The molecule has 0 radical (unpaired) electrons. The van der Waals surface area contributed by atoms with Crippen LogP contribution in [-0.4, -0.2) is 75.7 Å². The molecular formula is C30H43N7O7. The average molecular weight is 614 g/mol. The molecule has 44 heavy (non-hydrogen) atoms. The van der Waals surface area contributed by atoms with Gasteiger partial charge in [0.25, 0.3) is 0 Å². The Morgan fingerprint density at radius 3 is 1.73 bits per heavy atom. The highest BCUT2D eigenvalue weighted by atomic mass is 16.4. The van der Waals surface area contributed by atoms with E-state index in [1.165, 1.54) is 24.3 Å². The fourth-order valence-corrected chi connectivity index (χ4v) is 4.34. The number of aliphatic imine (C=N–C) groups is 1. The number of hydrogen-bond donors (Lipinski definition) is 9. The van der Waals surface area contributed by atoms with Gasteiger partial charge in [0.1, 0.15) is 29.6 Å². The smallest absolute Gasteiger partial charge is 0.326 e. The number of carboxylic acids is 1. The minimum atomic E-state index is -1.28. The lowest BCUT2D eigenvalue weighted by molar-refractivity contribution is -0.142. The van der Waals surface area contributed by atoms with Crippen LogP contribution >= 0.6 is 0 Å². The maximum atomic E-state index is 13.5. The van der Waals surface area contributed by atoms with Gasteiger partial charge in [-0.25, -0.2) is 4.79 Å². The van der Waals surface area contributed by atoms with Crippen LogP contribution in [-0.2, 0) is 32.0 Å². The second-order valence-electron chi connectivity index (χ2n) is 10.9. The van der Waals surface area contributed by atoms with E-state index in [9.17, 15) is 34.5 Å². The highest BCUT2D eigenvalue weighted by Gasteiger charge is 2.31. The summed E-state index contributed by atoms with van der Waals surface area (Å²) in [5.41, 5.74) is 18.0. The zero-order chi connectivity index (χ0) is 32.8. The van der Waals surface area contributed by atoms with E-state index in [-0.39, 0.29) is 62.0 Å². The largest absolute Gasteiger partial charge is 0.508 e. The summed E-state index contributed by atoms with van der Waals surface area (Å²) in [4.78, 5) is 55.6. The standard InChI is InChI=1S/C30H43N7O7/c1-17(2)14-24(36-26(40)22(31)15-18-5-9-20(38)10-6-18)27(41)37-25(16-19-7-11-21(39)12-8-19)28(42)35-23(29(43)44)4-3-13-34-30(32)33/h5-12,17,22-25,38-39H,3-4,13-16,31H2,1-2H3,(H,35,42)(H,36,40)(H,37,41)(H,43,44)(H4,32,33,34). The number of hydrogen-bond acceptors (Lipinski definition) is 8. The molecule has 240 valence electrons. The van der Waals surface area contributed by atoms with Crippen LogP contribution in [0.1, 0.15) is 44.2 Å². The summed E-state index contributed by atoms with van der Waals surface area (Å²) < 4.78 is 0. The number of phenols is 2. The van der Waals surface area contributed by atoms with Gasteiger partial charge in [-0.3, -0.25) is 19.4 Å². The molecule has 0 bridgehead atoms. The number of carbonyl (C=O) groups is 4. The van der Waals surface area contributed by atoms with Crippen molar-refractivity contribution in [2.75, 3.05) is 6.54 Å². The van der Waals surface area contributed by atoms with E-state index in [1.54, 1.807) is 24.3 Å². The molecule has 0 heterocycles. The maximum absolute atomic E-state index is 13.5. The second kappa shape index (κ2) is 17.3. The molecular weight excluding hydrogens is 570 g/mol. The third-order valence-electron chi connectivity index (χ3n) is 6.64. The van der Waals surface area contributed by atoms with Crippen molar-refractivity contribution >= 4 is 29.7 Å². The van der Waals surface area contributed by atoms with Gasteiger partial charge in [0.15, 0.2) is 5.96 Å². The minimum absolute atomic E-state index is 0.00820. The Morgan fingerprint density at radius 2 is 1.23 bits per heavy atom. The number of carbonyl (C=O) groups excluding carboxylic acids is 3. The Hall–Kier alpha value is -4.85. The number of benzene rings is 2. The molecule has 0 fully saturated rings. The van der Waals surface area contributed by atoms with Crippen molar-refractivity contribution in [1.29, 1.82) is 0 Å². The predicted octanol–water partition coefficient (Wildman–Crippen LogP) is -0.151. The molecule has 0 aromatic heterocycles. The molecule has 2 aromatic rings. The first-order valence-corrected chi connectivity index (χ1v) is 14.3. The molecule has 3 amide bonds. The monoisotopic (exact) mass is 613 g/mol. The van der Waals surface area contributed by atoms with Crippen molar-refractivity contribution in [2.45, 2.75) is 70.1 Å². The van der Waals surface area contributed by atoms with Gasteiger partial charge in [0.2, 0.25) is 17.7 Å². The fourth-order valence-electron chi connectivity index (χ4n) is 4.34. The number of amides is 3. The number of carboxylic acid groups (broad SMARTS) is 1. The van der Waals surface area contributed by atoms with E-state index >= 15 is 0 Å². The maximum Gasteiger partial charge on any atom is 0.326 e. The summed E-state index contributed by atoms with van der Waals surface area (Å²) in [5.74, 6) is -3.33. The molecule has 0 aliphatic heterocycles. The van der Waals surface area contributed by atoms with Crippen LogP contribution in [0, 0.1) is 5.92 Å². The molecule has 0 aliphatic rings. The zero-order valence-corrected chi connectivity index (χ0v) is 24.9. The van der Waals surface area contributed by atoms with Crippen molar-refractivity contribution < 1.29 is 34.5 Å². The molecule has 2 aromatic carbocycles. The van der Waals surface area contributed by atoms with Crippen LogP contribution in [0.2, 0.25) is 0 Å². The number of nitrogens with zero attached hydrogens (tertiary/aromatic N) is 1. The number of phenolic OH excluding ortho intramolecular Hbond substituents is 2. The van der Waals surface area contributed by atoms with Crippen LogP contribution in [0.3, 0.4) is 0 Å². The third-order valence-corrected chi connectivity index (χ3v) is 6.64. The van der Waals surface area contributed by atoms with E-state index in [0.717, 1.165) is 0 Å². The van der Waals surface area contributed by atoms with Gasteiger partial charge in [0.05, 0.1) is 6.04 Å². The lowest BCUT2D eigenvalue weighted by Gasteiger charge is -2.26. The van der Waals surface area contributed by atoms with E-state index in [2.05, 4.69) is 20.9 Å². The van der Waals surface area contributed by atoms with Crippen molar-refractivity contribution in [1.82, 2.24) is 16.0 Å². The lowest BCUT2D eigenvalue weighted by atomic mass is 9.99. The van der Waals surface area contributed by atoms with E-state index in [4.69, 9.17) is 17.2 Å². The Labute approximate surface area is 256 Å². The van der Waals surface area contributed by atoms with Crippen molar-refractivity contribution in [3.05, 3.63) is 59.7 Å². The quantitative estimate of drug-likeness (QED) is 0.0647. The molecule has 12 N–H and O–H groups in total. The molecule has 0 saturated carbocycles. The molecule has 2 rings (SSSR count). The van der Waals surface area contributed by atoms with E-state index in [0.29, 0.717) is 11.1 Å². The molecule has 0 spiro atoms. The molecule has 14 nitrogen and oxygen atoms in total.